The Kier molecular flexibility index (Phi) is 6.16. The molecule has 1 amide bonds. The molecule has 1 heterocycles. The highest BCUT2D eigenvalue weighted by Gasteiger charge is 2.17. The molecule has 0 saturated carbocycles. The maximum Gasteiger partial charge on any atom is 0.412 e. The minimum Gasteiger partial charge on any atom is -0.444 e. The highest BCUT2D eigenvalue weighted by atomic mass is 32.1. The molecular formula is C12H22N2O2S. The van der Waals surface area contributed by atoms with Crippen LogP contribution in [0.2, 0.25) is 0 Å². The lowest BCUT2D eigenvalue weighted by atomic mass is 10.2. The summed E-state index contributed by atoms with van der Waals surface area (Å²) >= 11 is 1.27. The van der Waals surface area contributed by atoms with Crippen LogP contribution in [-0.2, 0) is 4.74 Å². The van der Waals surface area contributed by atoms with Crippen LogP contribution in [0.4, 0.5) is 9.80 Å². The molecule has 1 rings (SSSR count). The van der Waals surface area contributed by atoms with Gasteiger partial charge in [-0.3, -0.25) is 5.32 Å². The SMILES string of the molecule is CC.Cc1nsc(NC(=O)OC(C)(C)C)c1C. The zero-order valence-corrected chi connectivity index (χ0v) is 12.5. The highest BCUT2D eigenvalue weighted by Crippen LogP contribution is 2.23. The molecule has 0 aliphatic carbocycles. The molecule has 0 atom stereocenters. The van der Waals surface area contributed by atoms with E-state index < -0.39 is 11.7 Å². The summed E-state index contributed by atoms with van der Waals surface area (Å²) < 4.78 is 9.27. The summed E-state index contributed by atoms with van der Waals surface area (Å²) in [5.41, 5.74) is 1.45. The van der Waals surface area contributed by atoms with Gasteiger partial charge in [0, 0.05) is 5.56 Å². The summed E-state index contributed by atoms with van der Waals surface area (Å²) in [6.07, 6.45) is -0.436. The molecule has 0 spiro atoms. The minimum absolute atomic E-state index is 0.436. The van der Waals surface area contributed by atoms with E-state index in [0.29, 0.717) is 0 Å². The maximum absolute atomic E-state index is 11.4. The molecule has 0 fully saturated rings. The molecule has 1 N–H and O–H groups in total. The fourth-order valence-electron chi connectivity index (χ4n) is 0.928. The Morgan fingerprint density at radius 1 is 1.29 bits per heavy atom. The molecule has 17 heavy (non-hydrogen) atoms. The molecule has 5 heteroatoms. The summed E-state index contributed by atoms with van der Waals surface area (Å²) in [4.78, 5) is 11.4. The van der Waals surface area contributed by atoms with E-state index in [9.17, 15) is 4.79 Å². The van der Waals surface area contributed by atoms with Crippen molar-refractivity contribution in [1.82, 2.24) is 4.37 Å². The number of aryl methyl sites for hydroxylation is 1. The zero-order valence-electron chi connectivity index (χ0n) is 11.7. The third-order valence-electron chi connectivity index (χ3n) is 1.77. The lowest BCUT2D eigenvalue weighted by molar-refractivity contribution is 0.0636. The average molecular weight is 258 g/mol. The highest BCUT2D eigenvalue weighted by molar-refractivity contribution is 7.10. The van der Waals surface area contributed by atoms with E-state index in [4.69, 9.17) is 4.74 Å². The Bertz CT molecular complexity index is 367. The van der Waals surface area contributed by atoms with Crippen LogP contribution in [0, 0.1) is 13.8 Å². The summed E-state index contributed by atoms with van der Waals surface area (Å²) in [6.45, 7) is 13.3. The van der Waals surface area contributed by atoms with Crippen molar-refractivity contribution >= 4 is 22.6 Å². The normalized spacial score (nSPS) is 10.3. The summed E-state index contributed by atoms with van der Waals surface area (Å²) in [5.74, 6) is 0. The van der Waals surface area contributed by atoms with Crippen molar-refractivity contribution in [3.63, 3.8) is 0 Å². The van der Waals surface area contributed by atoms with Crippen LogP contribution in [0.5, 0.6) is 0 Å². The van der Waals surface area contributed by atoms with Gasteiger partial charge < -0.3 is 4.74 Å². The van der Waals surface area contributed by atoms with E-state index in [1.54, 1.807) is 0 Å². The quantitative estimate of drug-likeness (QED) is 0.824. The van der Waals surface area contributed by atoms with Crippen LogP contribution in [-0.4, -0.2) is 16.1 Å². The van der Waals surface area contributed by atoms with Crippen molar-refractivity contribution in [2.75, 3.05) is 5.32 Å². The number of hydrogen-bond acceptors (Lipinski definition) is 4. The number of carbonyl (C=O) groups is 1. The van der Waals surface area contributed by atoms with Crippen LogP contribution in [0.1, 0.15) is 45.9 Å². The second-order valence-electron chi connectivity index (χ2n) is 4.35. The Balaban J connectivity index is 0.00000121. The second-order valence-corrected chi connectivity index (χ2v) is 5.12. The van der Waals surface area contributed by atoms with Gasteiger partial charge in [0.15, 0.2) is 0 Å². The van der Waals surface area contributed by atoms with E-state index in [1.165, 1.54) is 11.5 Å². The lowest BCUT2D eigenvalue weighted by Crippen LogP contribution is -2.27. The smallest absolute Gasteiger partial charge is 0.412 e. The van der Waals surface area contributed by atoms with Gasteiger partial charge in [-0.25, -0.2) is 4.79 Å². The summed E-state index contributed by atoms with van der Waals surface area (Å²) in [5, 5.41) is 3.43. The van der Waals surface area contributed by atoms with Gasteiger partial charge >= 0.3 is 6.09 Å². The van der Waals surface area contributed by atoms with Crippen molar-refractivity contribution < 1.29 is 9.53 Å². The number of hydrogen-bond donors (Lipinski definition) is 1. The fraction of sp³-hybridized carbons (Fsp3) is 0.667. The molecule has 0 radical (unpaired) electrons. The van der Waals surface area contributed by atoms with Crippen molar-refractivity contribution in [2.45, 2.75) is 54.1 Å². The third kappa shape index (κ3) is 5.68. The van der Waals surface area contributed by atoms with Crippen LogP contribution < -0.4 is 5.32 Å². The second kappa shape index (κ2) is 6.59. The Morgan fingerprint density at radius 2 is 1.82 bits per heavy atom. The largest absolute Gasteiger partial charge is 0.444 e. The lowest BCUT2D eigenvalue weighted by Gasteiger charge is -2.19. The molecule has 98 valence electrons. The van der Waals surface area contributed by atoms with Crippen LogP contribution >= 0.6 is 11.5 Å². The molecule has 0 bridgehead atoms. The van der Waals surface area contributed by atoms with E-state index in [0.717, 1.165) is 16.3 Å². The van der Waals surface area contributed by atoms with Gasteiger partial charge in [-0.15, -0.1) is 0 Å². The summed E-state index contributed by atoms with van der Waals surface area (Å²) in [7, 11) is 0. The molecule has 0 saturated heterocycles. The Hall–Kier alpha value is -1.10. The van der Waals surface area contributed by atoms with Gasteiger partial charge in [-0.05, 0) is 46.2 Å². The number of carbonyl (C=O) groups excluding carboxylic acids is 1. The Labute approximate surface area is 108 Å². The van der Waals surface area contributed by atoms with Crippen molar-refractivity contribution in [3.8, 4) is 0 Å². The molecule has 1 aromatic heterocycles. The minimum atomic E-state index is -0.474. The summed E-state index contributed by atoms with van der Waals surface area (Å²) in [6, 6.07) is 0. The van der Waals surface area contributed by atoms with E-state index in [-0.39, 0.29) is 0 Å². The van der Waals surface area contributed by atoms with Gasteiger partial charge in [-0.1, -0.05) is 13.8 Å². The maximum atomic E-state index is 11.4. The molecule has 1 aromatic rings. The number of ether oxygens (including phenoxy) is 1. The molecule has 0 aliphatic heterocycles. The van der Waals surface area contributed by atoms with Gasteiger partial charge in [0.25, 0.3) is 0 Å². The third-order valence-corrected chi connectivity index (χ3v) is 2.73. The van der Waals surface area contributed by atoms with Crippen LogP contribution in [0.15, 0.2) is 0 Å². The first-order chi connectivity index (χ1) is 7.79. The van der Waals surface area contributed by atoms with Gasteiger partial charge in [0.1, 0.15) is 10.6 Å². The van der Waals surface area contributed by atoms with Gasteiger partial charge in [-0.2, -0.15) is 4.37 Å². The van der Waals surface area contributed by atoms with E-state index in [2.05, 4.69) is 9.69 Å². The predicted molar refractivity (Wildman–Crippen MR) is 72.8 cm³/mol. The monoisotopic (exact) mass is 258 g/mol. The van der Waals surface area contributed by atoms with Crippen molar-refractivity contribution in [2.24, 2.45) is 0 Å². The van der Waals surface area contributed by atoms with Crippen molar-refractivity contribution in [1.29, 1.82) is 0 Å². The number of nitrogens with zero attached hydrogens (tertiary/aromatic N) is 1. The topological polar surface area (TPSA) is 51.2 Å². The first-order valence-corrected chi connectivity index (χ1v) is 6.50. The fourth-order valence-corrected chi connectivity index (χ4v) is 1.71. The van der Waals surface area contributed by atoms with E-state index >= 15 is 0 Å². The number of aromatic nitrogens is 1. The van der Waals surface area contributed by atoms with Crippen LogP contribution in [0.3, 0.4) is 0 Å². The van der Waals surface area contributed by atoms with E-state index in [1.807, 2.05) is 48.5 Å². The molecule has 0 aromatic carbocycles. The first-order valence-electron chi connectivity index (χ1n) is 5.72. The average Bonchev–Trinajstić information content (AvgIpc) is 2.50. The number of nitrogens with one attached hydrogen (secondary N) is 1. The molecular weight excluding hydrogens is 236 g/mol. The van der Waals surface area contributed by atoms with Gasteiger partial charge in [0.2, 0.25) is 0 Å². The molecule has 0 aliphatic rings. The number of anilines is 1. The molecule has 4 nitrogen and oxygen atoms in total. The number of amides is 1. The first kappa shape index (κ1) is 15.9. The van der Waals surface area contributed by atoms with Crippen molar-refractivity contribution in [3.05, 3.63) is 11.3 Å². The van der Waals surface area contributed by atoms with Crippen LogP contribution in [0.25, 0.3) is 0 Å². The standard InChI is InChI=1S/C10H16N2O2S.C2H6/c1-6-7(2)12-15-8(6)11-9(13)14-10(3,4)5;1-2/h1-5H3,(H,11,13);1-2H3. The zero-order chi connectivity index (χ0) is 13.6. The molecule has 0 unspecified atom stereocenters. The Morgan fingerprint density at radius 3 is 2.18 bits per heavy atom. The number of rotatable bonds is 1. The predicted octanol–water partition coefficient (Wildman–Crippen LogP) is 4.13. The van der Waals surface area contributed by atoms with Gasteiger partial charge in [0.05, 0.1) is 5.69 Å².